The summed E-state index contributed by atoms with van der Waals surface area (Å²) in [5.41, 5.74) is 7.39. The maximum absolute atomic E-state index is 6.08. The zero-order chi connectivity index (χ0) is 10.3. The van der Waals surface area contributed by atoms with Crippen molar-refractivity contribution >= 4 is 0 Å². The SMILES string of the molecule is NC1(Cc2ccc3c(c2)OCCO3)CC1. The van der Waals surface area contributed by atoms with E-state index in [2.05, 4.69) is 12.1 Å². The van der Waals surface area contributed by atoms with Gasteiger partial charge in [-0.1, -0.05) is 6.07 Å². The van der Waals surface area contributed by atoms with Gasteiger partial charge in [-0.2, -0.15) is 0 Å². The molecule has 2 N–H and O–H groups in total. The smallest absolute Gasteiger partial charge is 0.161 e. The van der Waals surface area contributed by atoms with E-state index in [1.165, 1.54) is 5.56 Å². The maximum atomic E-state index is 6.08. The lowest BCUT2D eigenvalue weighted by Crippen LogP contribution is -2.24. The van der Waals surface area contributed by atoms with Crippen molar-refractivity contribution in [3.05, 3.63) is 23.8 Å². The highest BCUT2D eigenvalue weighted by Crippen LogP contribution is 2.38. The molecule has 1 aromatic rings. The van der Waals surface area contributed by atoms with Gasteiger partial charge in [-0.25, -0.2) is 0 Å². The van der Waals surface area contributed by atoms with Gasteiger partial charge in [0.05, 0.1) is 0 Å². The lowest BCUT2D eigenvalue weighted by atomic mass is 10.0. The summed E-state index contributed by atoms with van der Waals surface area (Å²) < 4.78 is 11.0. The van der Waals surface area contributed by atoms with Crippen LogP contribution in [0.3, 0.4) is 0 Å². The zero-order valence-corrected chi connectivity index (χ0v) is 8.66. The normalized spacial score (nSPS) is 21.1. The third-order valence-corrected chi connectivity index (χ3v) is 3.06. The molecule has 1 heterocycles. The summed E-state index contributed by atoms with van der Waals surface area (Å²) >= 11 is 0. The molecule has 0 saturated heterocycles. The van der Waals surface area contributed by atoms with Crippen LogP contribution in [0.15, 0.2) is 18.2 Å². The Morgan fingerprint density at radius 3 is 2.60 bits per heavy atom. The van der Waals surface area contributed by atoms with Crippen LogP contribution in [-0.4, -0.2) is 18.8 Å². The predicted octanol–water partition coefficient (Wildman–Crippen LogP) is 1.49. The van der Waals surface area contributed by atoms with E-state index in [0.29, 0.717) is 13.2 Å². The highest BCUT2D eigenvalue weighted by Gasteiger charge is 2.38. The minimum Gasteiger partial charge on any atom is -0.486 e. The van der Waals surface area contributed by atoms with E-state index in [1.54, 1.807) is 0 Å². The Morgan fingerprint density at radius 2 is 1.87 bits per heavy atom. The molecule has 3 rings (SSSR count). The molecule has 0 spiro atoms. The molecule has 1 aliphatic heterocycles. The summed E-state index contributed by atoms with van der Waals surface area (Å²) in [6, 6.07) is 6.12. The number of hydrogen-bond donors (Lipinski definition) is 1. The van der Waals surface area contributed by atoms with Crippen molar-refractivity contribution in [1.82, 2.24) is 0 Å². The monoisotopic (exact) mass is 205 g/mol. The summed E-state index contributed by atoms with van der Waals surface area (Å²) in [6.45, 7) is 1.29. The molecule has 0 bridgehead atoms. The van der Waals surface area contributed by atoms with E-state index in [0.717, 1.165) is 30.8 Å². The van der Waals surface area contributed by atoms with Crippen LogP contribution in [0.5, 0.6) is 11.5 Å². The van der Waals surface area contributed by atoms with Gasteiger partial charge in [-0.05, 0) is 37.0 Å². The van der Waals surface area contributed by atoms with Crippen LogP contribution < -0.4 is 15.2 Å². The van der Waals surface area contributed by atoms with Crippen molar-refractivity contribution in [2.75, 3.05) is 13.2 Å². The van der Waals surface area contributed by atoms with Crippen LogP contribution >= 0.6 is 0 Å². The molecule has 0 atom stereocenters. The summed E-state index contributed by atoms with van der Waals surface area (Å²) in [6.07, 6.45) is 3.23. The first kappa shape index (κ1) is 9.04. The topological polar surface area (TPSA) is 44.5 Å². The van der Waals surface area contributed by atoms with Gasteiger partial charge in [0.25, 0.3) is 0 Å². The first-order valence-electron chi connectivity index (χ1n) is 5.43. The van der Waals surface area contributed by atoms with Gasteiger partial charge in [0.2, 0.25) is 0 Å². The Kier molecular flexibility index (Phi) is 1.89. The number of nitrogens with two attached hydrogens (primary N) is 1. The van der Waals surface area contributed by atoms with E-state index in [-0.39, 0.29) is 5.54 Å². The summed E-state index contributed by atoms with van der Waals surface area (Å²) in [4.78, 5) is 0. The molecular formula is C12H15NO2. The molecule has 3 nitrogen and oxygen atoms in total. The van der Waals surface area contributed by atoms with Crippen LogP contribution in [0, 0.1) is 0 Å². The molecule has 1 fully saturated rings. The van der Waals surface area contributed by atoms with Gasteiger partial charge < -0.3 is 15.2 Å². The Labute approximate surface area is 89.2 Å². The average molecular weight is 205 g/mol. The van der Waals surface area contributed by atoms with Crippen LogP contribution in [-0.2, 0) is 6.42 Å². The molecule has 15 heavy (non-hydrogen) atoms. The van der Waals surface area contributed by atoms with Gasteiger partial charge in [0.15, 0.2) is 11.5 Å². The second kappa shape index (κ2) is 3.14. The van der Waals surface area contributed by atoms with E-state index in [9.17, 15) is 0 Å². The van der Waals surface area contributed by atoms with E-state index in [4.69, 9.17) is 15.2 Å². The number of benzene rings is 1. The molecule has 1 saturated carbocycles. The fourth-order valence-corrected chi connectivity index (χ4v) is 1.94. The lowest BCUT2D eigenvalue weighted by Gasteiger charge is -2.19. The standard InChI is InChI=1S/C12H15NO2/c13-12(3-4-12)8-9-1-2-10-11(7-9)15-6-5-14-10/h1-2,7H,3-6,8,13H2. The summed E-state index contributed by atoms with van der Waals surface area (Å²) in [5, 5.41) is 0. The Bertz CT molecular complexity index is 385. The Morgan fingerprint density at radius 1 is 1.13 bits per heavy atom. The van der Waals surface area contributed by atoms with Crippen molar-refractivity contribution in [2.45, 2.75) is 24.8 Å². The Balaban J connectivity index is 1.84. The fraction of sp³-hybridized carbons (Fsp3) is 0.500. The van der Waals surface area contributed by atoms with Gasteiger partial charge in [0, 0.05) is 5.54 Å². The van der Waals surface area contributed by atoms with Crippen molar-refractivity contribution in [1.29, 1.82) is 0 Å². The Hall–Kier alpha value is -1.22. The molecular weight excluding hydrogens is 190 g/mol. The number of ether oxygens (including phenoxy) is 2. The molecule has 0 unspecified atom stereocenters. The zero-order valence-electron chi connectivity index (χ0n) is 8.66. The number of hydrogen-bond acceptors (Lipinski definition) is 3. The molecule has 80 valence electrons. The van der Waals surface area contributed by atoms with Crippen molar-refractivity contribution < 1.29 is 9.47 Å². The van der Waals surface area contributed by atoms with Crippen LogP contribution in [0.4, 0.5) is 0 Å². The fourth-order valence-electron chi connectivity index (χ4n) is 1.94. The minimum absolute atomic E-state index is 0.0593. The summed E-state index contributed by atoms with van der Waals surface area (Å²) in [7, 11) is 0. The molecule has 0 amide bonds. The quantitative estimate of drug-likeness (QED) is 0.795. The van der Waals surface area contributed by atoms with Crippen LogP contribution in [0.25, 0.3) is 0 Å². The van der Waals surface area contributed by atoms with E-state index in [1.807, 2.05) is 6.07 Å². The molecule has 0 radical (unpaired) electrons. The minimum atomic E-state index is 0.0593. The number of fused-ring (bicyclic) bond motifs is 1. The predicted molar refractivity (Wildman–Crippen MR) is 57.3 cm³/mol. The average Bonchev–Trinajstić information content (AvgIpc) is 2.96. The molecule has 1 aromatic carbocycles. The van der Waals surface area contributed by atoms with Crippen LogP contribution in [0.2, 0.25) is 0 Å². The lowest BCUT2D eigenvalue weighted by molar-refractivity contribution is 0.171. The van der Waals surface area contributed by atoms with E-state index < -0.39 is 0 Å². The van der Waals surface area contributed by atoms with Crippen LogP contribution in [0.1, 0.15) is 18.4 Å². The second-order valence-corrected chi connectivity index (χ2v) is 4.52. The molecule has 0 aromatic heterocycles. The maximum Gasteiger partial charge on any atom is 0.161 e. The van der Waals surface area contributed by atoms with E-state index >= 15 is 0 Å². The second-order valence-electron chi connectivity index (χ2n) is 4.52. The molecule has 3 heteroatoms. The van der Waals surface area contributed by atoms with Crippen molar-refractivity contribution in [3.8, 4) is 11.5 Å². The van der Waals surface area contributed by atoms with Crippen molar-refractivity contribution in [2.24, 2.45) is 5.73 Å². The van der Waals surface area contributed by atoms with Gasteiger partial charge >= 0.3 is 0 Å². The van der Waals surface area contributed by atoms with Gasteiger partial charge in [-0.3, -0.25) is 0 Å². The molecule has 2 aliphatic rings. The highest BCUT2D eigenvalue weighted by atomic mass is 16.6. The molecule has 1 aliphatic carbocycles. The first-order chi connectivity index (χ1) is 7.25. The highest BCUT2D eigenvalue weighted by molar-refractivity contribution is 5.44. The summed E-state index contributed by atoms with van der Waals surface area (Å²) in [5.74, 6) is 1.72. The van der Waals surface area contributed by atoms with Gasteiger partial charge in [0.1, 0.15) is 13.2 Å². The third-order valence-electron chi connectivity index (χ3n) is 3.06. The third kappa shape index (κ3) is 1.79. The largest absolute Gasteiger partial charge is 0.486 e. The first-order valence-corrected chi connectivity index (χ1v) is 5.43. The number of rotatable bonds is 2. The van der Waals surface area contributed by atoms with Crippen molar-refractivity contribution in [3.63, 3.8) is 0 Å². The van der Waals surface area contributed by atoms with Gasteiger partial charge in [-0.15, -0.1) is 0 Å².